The van der Waals surface area contributed by atoms with E-state index in [1.807, 2.05) is 51.1 Å². The molecule has 0 aliphatic carbocycles. The molecule has 3 rings (SSSR count). The number of carbonyl (C=O) groups is 1. The van der Waals surface area contributed by atoms with Crippen molar-refractivity contribution < 1.29 is 14.4 Å². The number of hydrogen-bond acceptors (Lipinski definition) is 6. The second-order valence-electron chi connectivity index (χ2n) is 8.22. The highest BCUT2D eigenvalue weighted by Crippen LogP contribution is 2.22. The summed E-state index contributed by atoms with van der Waals surface area (Å²) in [5, 5.41) is 14.6. The number of carbonyl (C=O) groups excluding carboxylic acids is 1. The van der Waals surface area contributed by atoms with Gasteiger partial charge in [0.15, 0.2) is 0 Å². The van der Waals surface area contributed by atoms with E-state index in [9.17, 15) is 4.79 Å². The predicted molar refractivity (Wildman–Crippen MR) is 117 cm³/mol. The van der Waals surface area contributed by atoms with Gasteiger partial charge in [0.1, 0.15) is 5.60 Å². The molecule has 0 bridgehead atoms. The molecule has 0 aromatic heterocycles. The molecule has 1 unspecified atom stereocenters. The second kappa shape index (κ2) is 8.95. The minimum Gasteiger partial charge on any atom is -0.444 e. The zero-order valence-electron chi connectivity index (χ0n) is 17.6. The molecule has 0 spiro atoms. The molecule has 2 aromatic carbocycles. The first-order chi connectivity index (χ1) is 14.3. The molecule has 0 N–H and O–H groups in total. The fourth-order valence-electron chi connectivity index (χ4n) is 3.46. The van der Waals surface area contributed by atoms with E-state index in [4.69, 9.17) is 14.8 Å². The van der Waals surface area contributed by atoms with Gasteiger partial charge < -0.3 is 14.5 Å². The van der Waals surface area contributed by atoms with Gasteiger partial charge in [-0.2, -0.15) is 5.26 Å². The van der Waals surface area contributed by atoms with Crippen molar-refractivity contribution in [2.75, 3.05) is 13.1 Å². The lowest BCUT2D eigenvalue weighted by Gasteiger charge is -2.28. The minimum atomic E-state index is -0.540. The van der Waals surface area contributed by atoms with Crippen LogP contribution < -0.4 is 0 Å². The van der Waals surface area contributed by atoms with Gasteiger partial charge in [0.2, 0.25) is 0 Å². The highest BCUT2D eigenvalue weighted by molar-refractivity contribution is 5.98. The normalized spacial score (nSPS) is 16.9. The van der Waals surface area contributed by atoms with Gasteiger partial charge in [-0.1, -0.05) is 17.3 Å². The number of oxime groups is 1. The summed E-state index contributed by atoms with van der Waals surface area (Å²) in [4.78, 5) is 24.1. The summed E-state index contributed by atoms with van der Waals surface area (Å²) in [7, 11) is 0. The first-order valence-electron chi connectivity index (χ1n) is 9.92. The maximum atomic E-state index is 12.5. The SMILES string of the molecule is C=NO/C(=N\CC1CCCN1C(=O)OC(C)(C)C)c1ccc2ccc(C#N)cc2c1. The molecular weight excluding hydrogens is 380 g/mol. The monoisotopic (exact) mass is 406 g/mol. The first-order valence-corrected chi connectivity index (χ1v) is 9.92. The predicted octanol–water partition coefficient (Wildman–Crippen LogP) is 4.49. The third-order valence-corrected chi connectivity index (χ3v) is 4.82. The van der Waals surface area contributed by atoms with Crippen molar-refractivity contribution >= 4 is 29.5 Å². The van der Waals surface area contributed by atoms with Crippen LogP contribution in [0.1, 0.15) is 44.7 Å². The van der Waals surface area contributed by atoms with Crippen molar-refractivity contribution in [1.82, 2.24) is 4.90 Å². The van der Waals surface area contributed by atoms with E-state index in [1.165, 1.54) is 0 Å². The van der Waals surface area contributed by atoms with Crippen molar-refractivity contribution in [3.8, 4) is 6.07 Å². The maximum absolute atomic E-state index is 12.5. The smallest absolute Gasteiger partial charge is 0.410 e. The lowest BCUT2D eigenvalue weighted by atomic mass is 10.0. The number of ether oxygens (including phenoxy) is 1. The van der Waals surface area contributed by atoms with Gasteiger partial charge in [-0.05, 0) is 68.7 Å². The van der Waals surface area contributed by atoms with Crippen LogP contribution in [0.15, 0.2) is 46.5 Å². The van der Waals surface area contributed by atoms with E-state index >= 15 is 0 Å². The van der Waals surface area contributed by atoms with Crippen LogP contribution in [0.2, 0.25) is 0 Å². The van der Waals surface area contributed by atoms with Crippen LogP contribution in [-0.2, 0) is 9.57 Å². The van der Waals surface area contributed by atoms with Crippen LogP contribution in [0.4, 0.5) is 4.79 Å². The molecule has 1 aliphatic rings. The Morgan fingerprint density at radius 2 is 2.03 bits per heavy atom. The Bertz CT molecular complexity index is 1020. The number of nitrogens with zero attached hydrogens (tertiary/aromatic N) is 4. The van der Waals surface area contributed by atoms with E-state index in [0.29, 0.717) is 24.6 Å². The summed E-state index contributed by atoms with van der Waals surface area (Å²) in [6.45, 7) is 9.99. The van der Waals surface area contributed by atoms with Crippen LogP contribution in [0.3, 0.4) is 0 Å². The third kappa shape index (κ3) is 5.15. The van der Waals surface area contributed by atoms with Gasteiger partial charge in [0.25, 0.3) is 5.90 Å². The number of aliphatic imine (C=N–C) groups is 1. The largest absolute Gasteiger partial charge is 0.444 e. The standard InChI is InChI=1S/C23H26N4O3/c1-23(2,3)29-22(28)27-11-5-6-20(27)15-26-21(30-25-4)18-10-9-17-8-7-16(14-24)12-19(17)13-18/h7-10,12-13,20H,4-6,11,15H2,1-3H3/b26-21-. The van der Waals surface area contributed by atoms with Gasteiger partial charge >= 0.3 is 6.09 Å². The molecule has 1 fully saturated rings. The summed E-state index contributed by atoms with van der Waals surface area (Å²) in [5.41, 5.74) is 0.772. The fraction of sp³-hybridized carbons (Fsp3) is 0.391. The van der Waals surface area contributed by atoms with Gasteiger partial charge in [-0.25, -0.2) is 9.79 Å². The van der Waals surface area contributed by atoms with Crippen LogP contribution >= 0.6 is 0 Å². The molecule has 1 heterocycles. The summed E-state index contributed by atoms with van der Waals surface area (Å²) in [5.74, 6) is 0.324. The first kappa shape index (κ1) is 21.3. The zero-order chi connectivity index (χ0) is 21.7. The number of amides is 1. The van der Waals surface area contributed by atoms with E-state index in [1.54, 1.807) is 11.0 Å². The minimum absolute atomic E-state index is 0.0612. The Balaban J connectivity index is 1.82. The van der Waals surface area contributed by atoms with Crippen LogP contribution in [-0.4, -0.2) is 48.3 Å². The lowest BCUT2D eigenvalue weighted by Crippen LogP contribution is -2.41. The van der Waals surface area contributed by atoms with Crippen molar-refractivity contribution in [3.63, 3.8) is 0 Å². The number of fused-ring (bicyclic) bond motifs is 1. The van der Waals surface area contributed by atoms with Crippen molar-refractivity contribution in [2.45, 2.75) is 45.3 Å². The zero-order valence-corrected chi connectivity index (χ0v) is 17.6. The average molecular weight is 406 g/mol. The Kier molecular flexibility index (Phi) is 6.36. The Morgan fingerprint density at radius 1 is 1.27 bits per heavy atom. The summed E-state index contributed by atoms with van der Waals surface area (Å²) in [6.07, 6.45) is 1.43. The molecule has 156 valence electrons. The quantitative estimate of drug-likeness (QED) is 0.425. The fourth-order valence-corrected chi connectivity index (χ4v) is 3.46. The van der Waals surface area contributed by atoms with Crippen LogP contribution in [0.5, 0.6) is 0 Å². The third-order valence-electron chi connectivity index (χ3n) is 4.82. The van der Waals surface area contributed by atoms with E-state index in [0.717, 1.165) is 29.2 Å². The number of nitriles is 1. The molecule has 1 amide bonds. The van der Waals surface area contributed by atoms with E-state index in [2.05, 4.69) is 22.9 Å². The Labute approximate surface area is 176 Å². The van der Waals surface area contributed by atoms with Gasteiger partial charge in [0, 0.05) is 18.8 Å². The topological polar surface area (TPSA) is 87.3 Å². The molecule has 1 atom stereocenters. The number of likely N-dealkylation sites (tertiary alicyclic amines) is 1. The van der Waals surface area contributed by atoms with Gasteiger partial charge in [-0.3, -0.25) is 0 Å². The van der Waals surface area contributed by atoms with Gasteiger partial charge in [-0.15, -0.1) is 0 Å². The Morgan fingerprint density at radius 3 is 2.73 bits per heavy atom. The summed E-state index contributed by atoms with van der Waals surface area (Å²) in [6, 6.07) is 13.3. The maximum Gasteiger partial charge on any atom is 0.410 e. The van der Waals surface area contributed by atoms with Crippen LogP contribution in [0.25, 0.3) is 10.8 Å². The van der Waals surface area contributed by atoms with E-state index in [-0.39, 0.29) is 12.1 Å². The van der Waals surface area contributed by atoms with Crippen LogP contribution in [0, 0.1) is 11.3 Å². The molecule has 1 aliphatic heterocycles. The van der Waals surface area contributed by atoms with Crippen molar-refractivity contribution in [1.29, 1.82) is 5.26 Å². The molecule has 30 heavy (non-hydrogen) atoms. The lowest BCUT2D eigenvalue weighted by molar-refractivity contribution is 0.0232. The van der Waals surface area contributed by atoms with Crippen molar-refractivity contribution in [2.24, 2.45) is 10.1 Å². The van der Waals surface area contributed by atoms with Crippen molar-refractivity contribution in [3.05, 3.63) is 47.5 Å². The highest BCUT2D eigenvalue weighted by Gasteiger charge is 2.32. The molecular formula is C23H26N4O3. The Hall–Kier alpha value is -3.40. The molecule has 7 heteroatoms. The highest BCUT2D eigenvalue weighted by atomic mass is 16.6. The number of hydrogen-bond donors (Lipinski definition) is 0. The summed E-state index contributed by atoms with van der Waals surface area (Å²) >= 11 is 0. The summed E-state index contributed by atoms with van der Waals surface area (Å²) < 4.78 is 5.51. The number of benzene rings is 2. The molecule has 2 aromatic rings. The number of rotatable bonds is 4. The van der Waals surface area contributed by atoms with Gasteiger partial charge in [0.05, 0.1) is 24.2 Å². The molecule has 1 saturated heterocycles. The molecule has 0 radical (unpaired) electrons. The van der Waals surface area contributed by atoms with E-state index < -0.39 is 5.60 Å². The molecule has 7 nitrogen and oxygen atoms in total. The second-order valence-corrected chi connectivity index (χ2v) is 8.22. The molecule has 0 saturated carbocycles. The average Bonchev–Trinajstić information content (AvgIpc) is 3.18.